The van der Waals surface area contributed by atoms with Crippen molar-refractivity contribution in [3.63, 3.8) is 0 Å². The predicted octanol–water partition coefficient (Wildman–Crippen LogP) is 4.42. The second-order valence-electron chi connectivity index (χ2n) is 5.19. The summed E-state index contributed by atoms with van der Waals surface area (Å²) >= 11 is 4.59. The summed E-state index contributed by atoms with van der Waals surface area (Å²) in [6.45, 7) is 1.85. The van der Waals surface area contributed by atoms with Crippen LogP contribution in [0.15, 0.2) is 40.2 Å². The Balaban J connectivity index is 1.86. The van der Waals surface area contributed by atoms with Crippen LogP contribution in [0.3, 0.4) is 0 Å². The van der Waals surface area contributed by atoms with Crippen LogP contribution in [0.2, 0.25) is 0 Å². The smallest absolute Gasteiger partial charge is 0.355 e. The van der Waals surface area contributed by atoms with Crippen molar-refractivity contribution in [1.29, 1.82) is 0 Å². The van der Waals surface area contributed by atoms with E-state index in [1.807, 2.05) is 11.4 Å². The molecular weight excluding hydrogens is 411 g/mol. The number of amides is 1. The first-order valence-corrected chi connectivity index (χ1v) is 9.15. The van der Waals surface area contributed by atoms with Crippen LogP contribution >= 0.6 is 27.3 Å². The highest BCUT2D eigenvalue weighted by Gasteiger charge is 2.20. The van der Waals surface area contributed by atoms with Gasteiger partial charge in [0.2, 0.25) is 5.91 Å². The molecule has 0 aliphatic heterocycles. The molecule has 0 saturated carbocycles. The molecule has 0 aliphatic rings. The molecule has 25 heavy (non-hydrogen) atoms. The minimum atomic E-state index is -0.540. The van der Waals surface area contributed by atoms with E-state index in [-0.39, 0.29) is 18.8 Å². The number of fused-ring (bicyclic) bond motifs is 1. The normalized spacial score (nSPS) is 10.8. The van der Waals surface area contributed by atoms with Crippen LogP contribution in [0.1, 0.15) is 17.4 Å². The minimum Gasteiger partial charge on any atom is -0.461 e. The third kappa shape index (κ3) is 3.74. The van der Waals surface area contributed by atoms with Crippen LogP contribution in [0.25, 0.3) is 10.2 Å². The van der Waals surface area contributed by atoms with Gasteiger partial charge in [0.1, 0.15) is 22.9 Å². The van der Waals surface area contributed by atoms with E-state index in [9.17, 15) is 14.0 Å². The van der Waals surface area contributed by atoms with E-state index in [0.717, 1.165) is 10.2 Å². The van der Waals surface area contributed by atoms with Crippen molar-refractivity contribution in [3.05, 3.63) is 51.7 Å². The Bertz CT molecular complexity index is 951. The summed E-state index contributed by atoms with van der Waals surface area (Å²) in [5.74, 6) is -1.46. The summed E-state index contributed by atoms with van der Waals surface area (Å²) in [6.07, 6.45) is 0. The quantitative estimate of drug-likeness (QED) is 0.616. The fourth-order valence-corrected chi connectivity index (χ4v) is 3.66. The molecule has 2 heterocycles. The number of esters is 1. The monoisotopic (exact) mass is 424 g/mol. The average Bonchev–Trinajstić information content (AvgIpc) is 3.13. The Labute approximate surface area is 155 Å². The van der Waals surface area contributed by atoms with E-state index in [1.54, 1.807) is 23.6 Å². The number of ether oxygens (including phenoxy) is 1. The third-order valence-electron chi connectivity index (χ3n) is 3.49. The minimum absolute atomic E-state index is 0.0838. The van der Waals surface area contributed by atoms with E-state index in [1.165, 1.54) is 23.5 Å². The molecule has 3 rings (SSSR count). The molecule has 0 saturated heterocycles. The van der Waals surface area contributed by atoms with Gasteiger partial charge in [0.15, 0.2) is 0 Å². The lowest BCUT2D eigenvalue weighted by Crippen LogP contribution is -2.22. The lowest BCUT2D eigenvalue weighted by molar-refractivity contribution is -0.116. The zero-order valence-corrected chi connectivity index (χ0v) is 15.6. The number of nitrogens with one attached hydrogen (secondary N) is 1. The first-order chi connectivity index (χ1) is 12.0. The average molecular weight is 425 g/mol. The van der Waals surface area contributed by atoms with Gasteiger partial charge in [0.05, 0.1) is 12.3 Å². The zero-order chi connectivity index (χ0) is 18.0. The van der Waals surface area contributed by atoms with E-state index in [0.29, 0.717) is 10.2 Å². The van der Waals surface area contributed by atoms with Gasteiger partial charge in [-0.3, -0.25) is 4.79 Å². The lowest BCUT2D eigenvalue weighted by atomic mass is 10.3. The number of hydrogen-bond acceptors (Lipinski definition) is 4. The molecule has 130 valence electrons. The SMILES string of the molecule is CCOC(=O)c1cc2ccsc2n1CC(=O)Nc1ccc(Br)cc1F. The van der Waals surface area contributed by atoms with Crippen molar-refractivity contribution in [2.75, 3.05) is 11.9 Å². The standard InChI is InChI=1S/C17H14BrFN2O3S/c1-2-24-17(23)14-7-10-5-6-25-16(10)21(14)9-15(22)20-13-4-3-11(18)8-12(13)19/h3-8H,2,9H2,1H3,(H,20,22). The Morgan fingerprint density at radius 3 is 2.84 bits per heavy atom. The van der Waals surface area contributed by atoms with Gasteiger partial charge in [-0.05, 0) is 42.6 Å². The molecule has 8 heteroatoms. The number of hydrogen-bond donors (Lipinski definition) is 1. The molecule has 0 aliphatic carbocycles. The van der Waals surface area contributed by atoms with E-state index in [4.69, 9.17) is 4.74 Å². The van der Waals surface area contributed by atoms with E-state index < -0.39 is 17.7 Å². The molecule has 0 spiro atoms. The van der Waals surface area contributed by atoms with Gasteiger partial charge in [-0.2, -0.15) is 0 Å². The van der Waals surface area contributed by atoms with Gasteiger partial charge in [-0.1, -0.05) is 15.9 Å². The molecule has 0 fully saturated rings. The molecular formula is C17H14BrFN2O3S. The van der Waals surface area contributed by atoms with Gasteiger partial charge in [0, 0.05) is 9.86 Å². The van der Waals surface area contributed by atoms with Crippen molar-refractivity contribution in [1.82, 2.24) is 4.57 Å². The Kier molecular flexibility index (Phi) is 5.19. The molecule has 0 radical (unpaired) electrons. The number of benzene rings is 1. The highest BCUT2D eigenvalue weighted by Crippen LogP contribution is 2.26. The van der Waals surface area contributed by atoms with Crippen LogP contribution < -0.4 is 5.32 Å². The molecule has 1 N–H and O–H groups in total. The van der Waals surface area contributed by atoms with Crippen molar-refractivity contribution >= 4 is 55.0 Å². The molecule has 0 bridgehead atoms. The Morgan fingerprint density at radius 2 is 2.12 bits per heavy atom. The van der Waals surface area contributed by atoms with Crippen LogP contribution in [-0.4, -0.2) is 23.1 Å². The summed E-state index contributed by atoms with van der Waals surface area (Å²) in [4.78, 5) is 25.3. The topological polar surface area (TPSA) is 60.3 Å². The molecule has 1 amide bonds. The van der Waals surface area contributed by atoms with Gasteiger partial charge in [-0.15, -0.1) is 11.3 Å². The number of carbonyl (C=O) groups is 2. The first-order valence-electron chi connectivity index (χ1n) is 7.48. The van der Waals surface area contributed by atoms with Crippen molar-refractivity contribution in [2.45, 2.75) is 13.5 Å². The maximum absolute atomic E-state index is 13.9. The summed E-state index contributed by atoms with van der Waals surface area (Å²) in [5, 5.41) is 5.26. The van der Waals surface area contributed by atoms with Gasteiger partial charge >= 0.3 is 5.97 Å². The first kappa shape index (κ1) is 17.6. The second kappa shape index (κ2) is 7.37. The molecule has 2 aromatic heterocycles. The third-order valence-corrected chi connectivity index (χ3v) is 4.94. The van der Waals surface area contributed by atoms with Crippen LogP contribution in [0.5, 0.6) is 0 Å². The molecule has 3 aromatic rings. The van der Waals surface area contributed by atoms with Gasteiger partial charge < -0.3 is 14.6 Å². The fraction of sp³-hybridized carbons (Fsp3) is 0.176. The number of rotatable bonds is 5. The summed E-state index contributed by atoms with van der Waals surface area (Å²) < 4.78 is 21.1. The molecule has 0 unspecified atom stereocenters. The van der Waals surface area contributed by atoms with E-state index in [2.05, 4.69) is 21.2 Å². The summed E-state index contributed by atoms with van der Waals surface area (Å²) in [6, 6.07) is 7.94. The number of anilines is 1. The largest absolute Gasteiger partial charge is 0.461 e. The van der Waals surface area contributed by atoms with Crippen LogP contribution in [0.4, 0.5) is 10.1 Å². The van der Waals surface area contributed by atoms with Crippen LogP contribution in [0, 0.1) is 5.82 Å². The molecule has 5 nitrogen and oxygen atoms in total. The lowest BCUT2D eigenvalue weighted by Gasteiger charge is -2.11. The number of carbonyl (C=O) groups excluding carboxylic acids is 2. The number of halogens is 2. The predicted molar refractivity (Wildman–Crippen MR) is 98.5 cm³/mol. The molecule has 0 atom stereocenters. The number of thiophene rings is 1. The van der Waals surface area contributed by atoms with Crippen molar-refractivity contribution in [2.24, 2.45) is 0 Å². The Morgan fingerprint density at radius 1 is 1.32 bits per heavy atom. The van der Waals surface area contributed by atoms with Crippen molar-refractivity contribution in [3.8, 4) is 0 Å². The van der Waals surface area contributed by atoms with E-state index >= 15 is 0 Å². The Hall–Kier alpha value is -2.19. The zero-order valence-electron chi connectivity index (χ0n) is 13.2. The highest BCUT2D eigenvalue weighted by molar-refractivity contribution is 9.10. The van der Waals surface area contributed by atoms with Gasteiger partial charge in [-0.25, -0.2) is 9.18 Å². The second-order valence-corrected chi connectivity index (χ2v) is 7.00. The number of aromatic nitrogens is 1. The van der Waals surface area contributed by atoms with Gasteiger partial charge in [0.25, 0.3) is 0 Å². The van der Waals surface area contributed by atoms with Crippen molar-refractivity contribution < 1.29 is 18.7 Å². The number of nitrogens with zero attached hydrogens (tertiary/aromatic N) is 1. The maximum Gasteiger partial charge on any atom is 0.355 e. The fourth-order valence-electron chi connectivity index (χ4n) is 2.43. The highest BCUT2D eigenvalue weighted by atomic mass is 79.9. The maximum atomic E-state index is 13.9. The summed E-state index contributed by atoms with van der Waals surface area (Å²) in [7, 11) is 0. The molecule has 1 aromatic carbocycles. The summed E-state index contributed by atoms with van der Waals surface area (Å²) in [5.41, 5.74) is 0.385. The van der Waals surface area contributed by atoms with Crippen LogP contribution in [-0.2, 0) is 16.1 Å².